The largest absolute Gasteiger partial charge is 0.492 e. The second kappa shape index (κ2) is 9.00. The van der Waals surface area contributed by atoms with Crippen LogP contribution in [0.25, 0.3) is 16.5 Å². The van der Waals surface area contributed by atoms with E-state index < -0.39 is 5.97 Å². The quantitative estimate of drug-likeness (QED) is 0.249. The summed E-state index contributed by atoms with van der Waals surface area (Å²) in [5.41, 5.74) is 9.96. The zero-order chi connectivity index (χ0) is 18.1. The first-order valence-corrected chi connectivity index (χ1v) is 7.38. The summed E-state index contributed by atoms with van der Waals surface area (Å²) in [5.74, 6) is 0.189. The van der Waals surface area contributed by atoms with Gasteiger partial charge in [0.2, 0.25) is 0 Å². The summed E-state index contributed by atoms with van der Waals surface area (Å²) in [6.07, 6.45) is 1.39. The molecule has 0 aliphatic carbocycles. The minimum Gasteiger partial charge on any atom is -0.492 e. The lowest BCUT2D eigenvalue weighted by molar-refractivity contribution is -0.136. The van der Waals surface area contributed by atoms with Gasteiger partial charge in [0.05, 0.1) is 14.2 Å². The number of methoxy groups -OCH3 is 2. The van der Waals surface area contributed by atoms with E-state index in [0.717, 1.165) is 5.56 Å². The number of azide groups is 1. The fourth-order valence-electron chi connectivity index (χ4n) is 2.14. The van der Waals surface area contributed by atoms with Gasteiger partial charge in [0.1, 0.15) is 12.3 Å². The standard InChI is InChI=1S/C18H17N3O4/c1-23-17-14(11-15(20-21-19)18(22)24-2)9-6-10-16(17)25-12-13-7-4-3-5-8-13/h3-11H,12H2,1-2H3/b15-11-. The molecular weight excluding hydrogens is 322 g/mol. The Kier molecular flexibility index (Phi) is 6.45. The van der Waals surface area contributed by atoms with E-state index in [1.807, 2.05) is 30.3 Å². The first-order chi connectivity index (χ1) is 12.2. The van der Waals surface area contributed by atoms with Crippen molar-refractivity contribution in [1.29, 1.82) is 0 Å². The summed E-state index contributed by atoms with van der Waals surface area (Å²) in [6.45, 7) is 0.366. The second-order valence-corrected chi connectivity index (χ2v) is 4.86. The van der Waals surface area contributed by atoms with Crippen molar-refractivity contribution in [2.75, 3.05) is 14.2 Å². The molecule has 0 N–H and O–H groups in total. The van der Waals surface area contributed by atoms with Crippen molar-refractivity contribution in [3.8, 4) is 11.5 Å². The third kappa shape index (κ3) is 4.76. The topological polar surface area (TPSA) is 93.5 Å². The summed E-state index contributed by atoms with van der Waals surface area (Å²) in [4.78, 5) is 14.3. The van der Waals surface area contributed by atoms with E-state index in [1.54, 1.807) is 18.2 Å². The Morgan fingerprint density at radius 1 is 1.16 bits per heavy atom. The molecule has 0 aliphatic rings. The Balaban J connectivity index is 2.33. The number of rotatable bonds is 7. The van der Waals surface area contributed by atoms with Gasteiger partial charge in [-0.1, -0.05) is 47.6 Å². The van der Waals surface area contributed by atoms with Crippen LogP contribution in [-0.2, 0) is 16.1 Å². The van der Waals surface area contributed by atoms with Crippen LogP contribution >= 0.6 is 0 Å². The minimum atomic E-state index is -0.740. The molecule has 0 atom stereocenters. The lowest BCUT2D eigenvalue weighted by Crippen LogP contribution is -2.03. The fraction of sp³-hybridized carbons (Fsp3) is 0.167. The number of esters is 1. The van der Waals surface area contributed by atoms with Crippen LogP contribution in [0.15, 0.2) is 59.3 Å². The van der Waals surface area contributed by atoms with Crippen molar-refractivity contribution in [3.05, 3.63) is 75.8 Å². The summed E-state index contributed by atoms with van der Waals surface area (Å²) in [6, 6.07) is 14.9. The van der Waals surface area contributed by atoms with Crippen LogP contribution in [0.5, 0.6) is 11.5 Å². The van der Waals surface area contributed by atoms with Crippen molar-refractivity contribution >= 4 is 12.0 Å². The Morgan fingerprint density at radius 2 is 1.92 bits per heavy atom. The van der Waals surface area contributed by atoms with E-state index in [9.17, 15) is 4.79 Å². The maximum absolute atomic E-state index is 11.7. The highest BCUT2D eigenvalue weighted by atomic mass is 16.5. The highest BCUT2D eigenvalue weighted by Crippen LogP contribution is 2.33. The smallest absolute Gasteiger partial charge is 0.340 e. The predicted molar refractivity (Wildman–Crippen MR) is 92.9 cm³/mol. The first kappa shape index (κ1) is 17.9. The van der Waals surface area contributed by atoms with Crippen LogP contribution in [-0.4, -0.2) is 20.2 Å². The molecule has 7 heteroatoms. The molecule has 0 fully saturated rings. The number of ether oxygens (including phenoxy) is 3. The molecule has 0 bridgehead atoms. The van der Waals surface area contributed by atoms with Gasteiger partial charge in [-0.25, -0.2) is 4.79 Å². The Bertz CT molecular complexity index is 812. The molecule has 25 heavy (non-hydrogen) atoms. The molecule has 0 unspecified atom stereocenters. The van der Waals surface area contributed by atoms with Crippen LogP contribution in [0.3, 0.4) is 0 Å². The average molecular weight is 339 g/mol. The van der Waals surface area contributed by atoms with Gasteiger partial charge in [0.15, 0.2) is 11.5 Å². The first-order valence-electron chi connectivity index (χ1n) is 7.38. The highest BCUT2D eigenvalue weighted by molar-refractivity contribution is 5.93. The van der Waals surface area contributed by atoms with Gasteiger partial charge < -0.3 is 14.2 Å². The zero-order valence-corrected chi connectivity index (χ0v) is 13.9. The Morgan fingerprint density at radius 3 is 2.56 bits per heavy atom. The van der Waals surface area contributed by atoms with E-state index in [-0.39, 0.29) is 5.70 Å². The lowest BCUT2D eigenvalue weighted by atomic mass is 10.1. The van der Waals surface area contributed by atoms with Gasteiger partial charge in [-0.3, -0.25) is 0 Å². The summed E-state index contributed by atoms with van der Waals surface area (Å²) in [5, 5.41) is 3.36. The minimum absolute atomic E-state index is 0.177. The molecule has 7 nitrogen and oxygen atoms in total. The summed E-state index contributed by atoms with van der Waals surface area (Å²) < 4.78 is 15.8. The number of hydrogen-bond donors (Lipinski definition) is 0. The second-order valence-electron chi connectivity index (χ2n) is 4.86. The molecule has 0 spiro atoms. The van der Waals surface area contributed by atoms with Crippen LogP contribution in [0, 0.1) is 0 Å². The molecule has 0 saturated heterocycles. The zero-order valence-electron chi connectivity index (χ0n) is 13.9. The van der Waals surface area contributed by atoms with E-state index in [4.69, 9.17) is 15.0 Å². The molecule has 0 heterocycles. The SMILES string of the molecule is COC(=O)/C(=C/c1cccc(OCc2ccccc2)c1OC)N=[N+]=[N-]. The number of benzene rings is 2. The van der Waals surface area contributed by atoms with Crippen LogP contribution in [0.4, 0.5) is 0 Å². The van der Waals surface area contributed by atoms with Gasteiger partial charge in [-0.2, -0.15) is 0 Å². The molecule has 2 aromatic rings. The van der Waals surface area contributed by atoms with Crippen molar-refractivity contribution in [2.45, 2.75) is 6.61 Å². The molecule has 0 radical (unpaired) electrons. The fourth-order valence-corrected chi connectivity index (χ4v) is 2.14. The van der Waals surface area contributed by atoms with Crippen LogP contribution in [0.2, 0.25) is 0 Å². The normalized spacial score (nSPS) is 10.6. The summed E-state index contributed by atoms with van der Waals surface area (Å²) >= 11 is 0. The maximum atomic E-state index is 11.7. The molecular formula is C18H17N3O4. The van der Waals surface area contributed by atoms with Gasteiger partial charge in [0, 0.05) is 10.5 Å². The highest BCUT2D eigenvalue weighted by Gasteiger charge is 2.13. The number of hydrogen-bond acceptors (Lipinski definition) is 5. The Labute approximate surface area is 145 Å². The van der Waals surface area contributed by atoms with E-state index >= 15 is 0 Å². The van der Waals surface area contributed by atoms with Crippen molar-refractivity contribution < 1.29 is 19.0 Å². The lowest BCUT2D eigenvalue weighted by Gasteiger charge is -2.13. The molecule has 0 aromatic heterocycles. The van der Waals surface area contributed by atoms with Crippen molar-refractivity contribution in [3.63, 3.8) is 0 Å². The molecule has 128 valence electrons. The van der Waals surface area contributed by atoms with Gasteiger partial charge in [-0.05, 0) is 23.2 Å². The van der Waals surface area contributed by atoms with Crippen LogP contribution in [0.1, 0.15) is 11.1 Å². The van der Waals surface area contributed by atoms with Crippen molar-refractivity contribution in [2.24, 2.45) is 5.11 Å². The maximum Gasteiger partial charge on any atom is 0.340 e. The number of nitrogens with zero attached hydrogens (tertiary/aromatic N) is 3. The molecule has 0 aliphatic heterocycles. The predicted octanol–water partition coefficient (Wildman–Crippen LogP) is 4.10. The molecule has 0 saturated carbocycles. The monoisotopic (exact) mass is 339 g/mol. The third-order valence-corrected chi connectivity index (χ3v) is 3.29. The number of carbonyl (C=O) groups excluding carboxylic acids is 1. The van der Waals surface area contributed by atoms with E-state index in [0.29, 0.717) is 23.7 Å². The number of carbonyl (C=O) groups is 1. The molecule has 0 amide bonds. The van der Waals surface area contributed by atoms with Gasteiger partial charge in [0.25, 0.3) is 0 Å². The van der Waals surface area contributed by atoms with E-state index in [1.165, 1.54) is 20.3 Å². The average Bonchev–Trinajstić information content (AvgIpc) is 2.66. The summed E-state index contributed by atoms with van der Waals surface area (Å²) in [7, 11) is 2.70. The van der Waals surface area contributed by atoms with E-state index in [2.05, 4.69) is 14.8 Å². The van der Waals surface area contributed by atoms with Gasteiger partial charge in [-0.15, -0.1) is 0 Å². The van der Waals surface area contributed by atoms with Crippen LogP contribution < -0.4 is 9.47 Å². The number of para-hydroxylation sites is 1. The molecule has 2 aromatic carbocycles. The molecule has 2 rings (SSSR count). The van der Waals surface area contributed by atoms with Crippen molar-refractivity contribution in [1.82, 2.24) is 0 Å². The van der Waals surface area contributed by atoms with Gasteiger partial charge >= 0.3 is 5.97 Å². The third-order valence-electron chi connectivity index (χ3n) is 3.29. The Hall–Kier alpha value is -3.44.